The van der Waals surface area contributed by atoms with Gasteiger partial charge in [0.25, 0.3) is 0 Å². The van der Waals surface area contributed by atoms with E-state index in [1.165, 1.54) is 27.8 Å². The molecule has 1 aliphatic carbocycles. The molecule has 4 heteroatoms. The molecule has 6 aromatic carbocycles. The summed E-state index contributed by atoms with van der Waals surface area (Å²) in [7, 11) is 0. The van der Waals surface area contributed by atoms with Crippen LogP contribution in [-0.4, -0.2) is 15.0 Å². The topological polar surface area (TPSA) is 51.8 Å². The van der Waals surface area contributed by atoms with Crippen molar-refractivity contribution in [3.05, 3.63) is 175 Å². The second-order valence-electron chi connectivity index (χ2n) is 14.0. The molecule has 0 spiro atoms. The van der Waals surface area contributed by atoms with Crippen molar-refractivity contribution >= 4 is 21.9 Å². The second kappa shape index (κ2) is 11.7. The number of fused-ring (bicyclic) bond motifs is 6. The molecule has 0 amide bonds. The highest BCUT2D eigenvalue weighted by molar-refractivity contribution is 6.06. The van der Waals surface area contributed by atoms with Gasteiger partial charge >= 0.3 is 0 Å². The first-order valence-corrected chi connectivity index (χ1v) is 17.7. The molecule has 0 radical (unpaired) electrons. The van der Waals surface area contributed by atoms with Crippen molar-refractivity contribution < 1.29 is 4.42 Å². The number of rotatable bonds is 5. The van der Waals surface area contributed by atoms with Crippen molar-refractivity contribution in [2.45, 2.75) is 19.3 Å². The lowest BCUT2D eigenvalue weighted by Crippen LogP contribution is -2.14. The molecule has 0 bridgehead atoms. The number of nitrogens with zero attached hydrogens (tertiary/aromatic N) is 3. The molecule has 3 aromatic heterocycles. The summed E-state index contributed by atoms with van der Waals surface area (Å²) in [4.78, 5) is 15.4. The molecule has 0 aliphatic heterocycles. The van der Waals surface area contributed by atoms with E-state index >= 15 is 0 Å². The Kier molecular flexibility index (Phi) is 6.80. The molecule has 0 unspecified atom stereocenters. The number of para-hydroxylation sites is 1. The van der Waals surface area contributed by atoms with Gasteiger partial charge < -0.3 is 4.42 Å². The van der Waals surface area contributed by atoms with E-state index in [0.29, 0.717) is 5.82 Å². The number of pyridine rings is 1. The molecule has 0 saturated carbocycles. The van der Waals surface area contributed by atoms with E-state index in [0.717, 1.165) is 66.8 Å². The Morgan fingerprint density at radius 2 is 1.10 bits per heavy atom. The zero-order chi connectivity index (χ0) is 34.8. The van der Waals surface area contributed by atoms with E-state index in [1.54, 1.807) is 0 Å². The maximum atomic E-state index is 6.15. The van der Waals surface area contributed by atoms with E-state index < -0.39 is 0 Å². The molecule has 52 heavy (non-hydrogen) atoms. The van der Waals surface area contributed by atoms with Crippen LogP contribution in [0, 0.1) is 0 Å². The molecule has 0 saturated heterocycles. The van der Waals surface area contributed by atoms with Crippen molar-refractivity contribution in [2.24, 2.45) is 0 Å². The summed E-state index contributed by atoms with van der Waals surface area (Å²) < 4.78 is 6.15. The molecule has 246 valence electrons. The molecule has 1 aliphatic rings. The normalized spacial score (nSPS) is 13.0. The first kappa shape index (κ1) is 30.2. The Morgan fingerprint density at radius 1 is 0.442 bits per heavy atom. The van der Waals surface area contributed by atoms with Gasteiger partial charge in [0.05, 0.1) is 17.1 Å². The summed E-state index contributed by atoms with van der Waals surface area (Å²) in [6, 6.07) is 55.2. The molecule has 0 N–H and O–H groups in total. The van der Waals surface area contributed by atoms with Crippen LogP contribution >= 0.6 is 0 Å². The largest absolute Gasteiger partial charge is 0.456 e. The lowest BCUT2D eigenvalue weighted by atomic mass is 9.82. The molecular weight excluding hydrogens is 635 g/mol. The third-order valence-electron chi connectivity index (χ3n) is 10.6. The van der Waals surface area contributed by atoms with Crippen LogP contribution in [-0.2, 0) is 5.41 Å². The maximum absolute atomic E-state index is 6.15. The minimum atomic E-state index is -0.125. The van der Waals surface area contributed by atoms with E-state index in [1.807, 2.05) is 42.6 Å². The smallest absolute Gasteiger partial charge is 0.160 e. The molecule has 3 heterocycles. The molecule has 0 fully saturated rings. The first-order chi connectivity index (χ1) is 25.5. The van der Waals surface area contributed by atoms with Crippen molar-refractivity contribution in [1.29, 1.82) is 0 Å². The van der Waals surface area contributed by atoms with E-state index in [2.05, 4.69) is 135 Å². The van der Waals surface area contributed by atoms with Crippen LogP contribution in [0.15, 0.2) is 168 Å². The van der Waals surface area contributed by atoms with E-state index in [9.17, 15) is 0 Å². The second-order valence-corrected chi connectivity index (χ2v) is 14.0. The highest BCUT2D eigenvalue weighted by Crippen LogP contribution is 2.49. The lowest BCUT2D eigenvalue weighted by molar-refractivity contribution is 0.660. The zero-order valence-electron chi connectivity index (χ0n) is 28.8. The summed E-state index contributed by atoms with van der Waals surface area (Å²) in [6.45, 7) is 4.63. The van der Waals surface area contributed by atoms with Crippen LogP contribution in [0.25, 0.3) is 89.4 Å². The van der Waals surface area contributed by atoms with Crippen LogP contribution in [0.1, 0.15) is 25.0 Å². The summed E-state index contributed by atoms with van der Waals surface area (Å²) in [6.07, 6.45) is 1.85. The fourth-order valence-electron chi connectivity index (χ4n) is 7.88. The summed E-state index contributed by atoms with van der Waals surface area (Å²) in [5.41, 5.74) is 15.7. The average molecular weight is 668 g/mol. The van der Waals surface area contributed by atoms with Gasteiger partial charge in [0, 0.05) is 44.6 Å². The number of aromatic nitrogens is 3. The fraction of sp³-hybridized carbons (Fsp3) is 0.0625. The minimum Gasteiger partial charge on any atom is -0.456 e. The predicted molar refractivity (Wildman–Crippen MR) is 212 cm³/mol. The molecular formula is C48H33N3O. The van der Waals surface area contributed by atoms with Gasteiger partial charge in [-0.3, -0.25) is 4.98 Å². The summed E-state index contributed by atoms with van der Waals surface area (Å²) in [5.74, 6) is 0.668. The minimum absolute atomic E-state index is 0.125. The third-order valence-corrected chi connectivity index (χ3v) is 10.6. The average Bonchev–Trinajstić information content (AvgIpc) is 3.69. The SMILES string of the molecule is CC1(C)c2ccccc2-c2ccc(-c3cc(-c4cccnc4-c4ccc5oc6ccccc6c5c4)nc(-c4ccc(-c5ccccc5)cc4)n3)cc21. The standard InChI is InChI=1S/C48H33N3O/c1-48(2)40-16-8-6-13-35(40)36-24-22-33(28-41(36)48)42-29-43(51-47(50-42)32-20-18-31(19-21-32)30-11-4-3-5-12-30)38-15-10-26-49-46(38)34-23-25-45-39(27-34)37-14-7-9-17-44(37)52-45/h3-29H,1-2H3. The Balaban J connectivity index is 1.14. The quantitative estimate of drug-likeness (QED) is 0.183. The number of furan rings is 1. The van der Waals surface area contributed by atoms with E-state index in [-0.39, 0.29) is 5.41 Å². The van der Waals surface area contributed by atoms with Gasteiger partial charge in [-0.2, -0.15) is 0 Å². The van der Waals surface area contributed by atoms with Gasteiger partial charge in [0.2, 0.25) is 0 Å². The van der Waals surface area contributed by atoms with Gasteiger partial charge in [-0.05, 0) is 81.9 Å². The molecule has 10 rings (SSSR count). The summed E-state index contributed by atoms with van der Waals surface area (Å²) >= 11 is 0. The Bertz CT molecular complexity index is 2810. The van der Waals surface area contributed by atoms with Gasteiger partial charge in [-0.15, -0.1) is 0 Å². The van der Waals surface area contributed by atoms with Gasteiger partial charge in [0.1, 0.15) is 11.2 Å². The number of hydrogen-bond donors (Lipinski definition) is 0. The molecule has 9 aromatic rings. The Labute approximate surface area is 302 Å². The third kappa shape index (κ3) is 4.87. The number of hydrogen-bond acceptors (Lipinski definition) is 4. The highest BCUT2D eigenvalue weighted by atomic mass is 16.3. The Morgan fingerprint density at radius 3 is 1.98 bits per heavy atom. The lowest BCUT2D eigenvalue weighted by Gasteiger charge is -2.22. The van der Waals surface area contributed by atoms with Gasteiger partial charge in [-0.25, -0.2) is 9.97 Å². The highest BCUT2D eigenvalue weighted by Gasteiger charge is 2.35. The number of benzene rings is 6. The maximum Gasteiger partial charge on any atom is 0.160 e. The predicted octanol–water partition coefficient (Wildman–Crippen LogP) is 12.4. The van der Waals surface area contributed by atoms with Crippen LogP contribution in [0.4, 0.5) is 0 Å². The van der Waals surface area contributed by atoms with E-state index in [4.69, 9.17) is 19.4 Å². The van der Waals surface area contributed by atoms with Gasteiger partial charge in [-0.1, -0.05) is 123 Å². The molecule has 4 nitrogen and oxygen atoms in total. The van der Waals surface area contributed by atoms with Crippen molar-refractivity contribution in [1.82, 2.24) is 15.0 Å². The van der Waals surface area contributed by atoms with Crippen LogP contribution < -0.4 is 0 Å². The summed E-state index contributed by atoms with van der Waals surface area (Å²) in [5, 5.41) is 2.15. The van der Waals surface area contributed by atoms with Crippen LogP contribution in [0.2, 0.25) is 0 Å². The van der Waals surface area contributed by atoms with Crippen molar-refractivity contribution in [3.8, 4) is 67.4 Å². The Hall–Kier alpha value is -6.65. The first-order valence-electron chi connectivity index (χ1n) is 17.7. The fourth-order valence-corrected chi connectivity index (χ4v) is 7.88. The monoisotopic (exact) mass is 667 g/mol. The van der Waals surface area contributed by atoms with Crippen LogP contribution in [0.3, 0.4) is 0 Å². The van der Waals surface area contributed by atoms with Crippen LogP contribution in [0.5, 0.6) is 0 Å². The van der Waals surface area contributed by atoms with Gasteiger partial charge in [0.15, 0.2) is 5.82 Å². The zero-order valence-corrected chi connectivity index (χ0v) is 28.8. The van der Waals surface area contributed by atoms with Crippen molar-refractivity contribution in [2.75, 3.05) is 0 Å². The molecule has 0 atom stereocenters. The van der Waals surface area contributed by atoms with Crippen molar-refractivity contribution in [3.63, 3.8) is 0 Å².